The van der Waals surface area contributed by atoms with Crippen LogP contribution in [0.1, 0.15) is 18.1 Å². The first-order valence-electron chi connectivity index (χ1n) is 3.60. The zero-order chi connectivity index (χ0) is 9.84. The van der Waals surface area contributed by atoms with Crippen LogP contribution in [0.3, 0.4) is 0 Å². The Labute approximate surface area is 73.7 Å². The summed E-state index contributed by atoms with van der Waals surface area (Å²) < 4.78 is 12.5. The van der Waals surface area contributed by atoms with Crippen LogP contribution < -0.4 is 0 Å². The second kappa shape index (κ2) is 3.95. The van der Waals surface area contributed by atoms with E-state index >= 15 is 0 Å². The number of aliphatic hydroxyl groups excluding tert-OH is 1. The Kier molecular flexibility index (Phi) is 2.92. The lowest BCUT2D eigenvalue weighted by Gasteiger charge is -2.06. The minimum Gasteiger partial charge on any atom is -0.481 e. The van der Waals surface area contributed by atoms with E-state index in [1.165, 1.54) is 6.20 Å². The molecule has 0 amide bonds. The van der Waals surface area contributed by atoms with Crippen molar-refractivity contribution in [2.45, 2.75) is 12.5 Å². The average Bonchev–Trinajstić information content (AvgIpc) is 2.03. The fourth-order valence-corrected chi connectivity index (χ4v) is 0.894. The Hall–Kier alpha value is -1.49. The minimum atomic E-state index is -1.21. The molecule has 0 aliphatic heterocycles. The maximum atomic E-state index is 12.5. The molecule has 0 spiro atoms. The summed E-state index contributed by atoms with van der Waals surface area (Å²) >= 11 is 0. The summed E-state index contributed by atoms with van der Waals surface area (Å²) in [6.07, 6.45) is 0.555. The lowest BCUT2D eigenvalue weighted by atomic mass is 10.1. The molecule has 0 aromatic carbocycles. The number of carbonyl (C=O) groups is 1. The smallest absolute Gasteiger partial charge is 0.306 e. The van der Waals surface area contributed by atoms with E-state index in [1.807, 2.05) is 0 Å². The number of rotatable bonds is 3. The summed E-state index contributed by atoms with van der Waals surface area (Å²) in [5, 5.41) is 17.6. The second-order valence-corrected chi connectivity index (χ2v) is 2.55. The Morgan fingerprint density at radius 2 is 2.31 bits per heavy atom. The van der Waals surface area contributed by atoms with Crippen molar-refractivity contribution >= 4 is 5.97 Å². The van der Waals surface area contributed by atoms with Gasteiger partial charge < -0.3 is 10.2 Å². The van der Waals surface area contributed by atoms with Gasteiger partial charge in [-0.2, -0.15) is 0 Å². The molecule has 4 nitrogen and oxygen atoms in total. The van der Waals surface area contributed by atoms with Crippen molar-refractivity contribution in [3.05, 3.63) is 29.8 Å². The number of halogens is 1. The number of pyridine rings is 1. The van der Waals surface area contributed by atoms with E-state index in [0.29, 0.717) is 0 Å². The molecule has 1 rings (SSSR count). The molecule has 2 N–H and O–H groups in total. The molecule has 70 valence electrons. The monoisotopic (exact) mass is 185 g/mol. The summed E-state index contributed by atoms with van der Waals surface area (Å²) in [7, 11) is 0. The van der Waals surface area contributed by atoms with Gasteiger partial charge in [0.25, 0.3) is 0 Å². The van der Waals surface area contributed by atoms with Gasteiger partial charge in [0.2, 0.25) is 0 Å². The summed E-state index contributed by atoms with van der Waals surface area (Å²) in [6.45, 7) is 0. The van der Waals surface area contributed by atoms with E-state index in [4.69, 9.17) is 5.11 Å². The number of aliphatic carboxylic acids is 1. The molecule has 1 unspecified atom stereocenters. The van der Waals surface area contributed by atoms with E-state index in [1.54, 1.807) is 0 Å². The fraction of sp³-hybridized carbons (Fsp3) is 0.250. The first-order chi connectivity index (χ1) is 6.09. The largest absolute Gasteiger partial charge is 0.481 e. The average molecular weight is 185 g/mol. The normalized spacial score (nSPS) is 12.5. The van der Waals surface area contributed by atoms with E-state index in [2.05, 4.69) is 4.98 Å². The highest BCUT2D eigenvalue weighted by Crippen LogP contribution is 2.15. The van der Waals surface area contributed by atoms with Crippen molar-refractivity contribution in [1.82, 2.24) is 4.98 Å². The predicted octanol–water partition coefficient (Wildman–Crippen LogP) is 0.729. The molecule has 1 aromatic rings. The van der Waals surface area contributed by atoms with Crippen molar-refractivity contribution in [2.24, 2.45) is 0 Å². The molecule has 0 saturated carbocycles. The van der Waals surface area contributed by atoms with Crippen molar-refractivity contribution in [1.29, 1.82) is 0 Å². The third kappa shape index (κ3) is 2.79. The van der Waals surface area contributed by atoms with Gasteiger partial charge in [-0.05, 0) is 6.07 Å². The van der Waals surface area contributed by atoms with Gasteiger partial charge in [0.1, 0.15) is 5.82 Å². The number of aromatic nitrogens is 1. The van der Waals surface area contributed by atoms with Gasteiger partial charge in [-0.3, -0.25) is 9.78 Å². The Balaban J connectivity index is 2.76. The lowest BCUT2D eigenvalue weighted by molar-refractivity contribution is -0.139. The fourth-order valence-electron chi connectivity index (χ4n) is 0.894. The van der Waals surface area contributed by atoms with Gasteiger partial charge in [-0.1, -0.05) is 0 Å². The Morgan fingerprint density at radius 1 is 1.62 bits per heavy atom. The highest BCUT2D eigenvalue weighted by Gasteiger charge is 2.12. The summed E-state index contributed by atoms with van der Waals surface area (Å²) in [6, 6.07) is 1.06. The molecule has 0 aliphatic rings. The van der Waals surface area contributed by atoms with Crippen LogP contribution in [-0.4, -0.2) is 21.2 Å². The molecular weight excluding hydrogens is 177 g/mol. The van der Waals surface area contributed by atoms with Crippen LogP contribution in [-0.2, 0) is 4.79 Å². The molecular formula is C8H8FNO3. The minimum absolute atomic E-state index is 0.169. The molecule has 0 aliphatic carbocycles. The van der Waals surface area contributed by atoms with Crippen LogP contribution in [0.2, 0.25) is 0 Å². The molecule has 0 fully saturated rings. The Morgan fingerprint density at radius 3 is 2.85 bits per heavy atom. The quantitative estimate of drug-likeness (QED) is 0.728. The van der Waals surface area contributed by atoms with Gasteiger partial charge in [0, 0.05) is 11.8 Å². The third-order valence-corrected chi connectivity index (χ3v) is 1.48. The number of aliphatic hydroxyl groups is 1. The van der Waals surface area contributed by atoms with Crippen LogP contribution in [0.15, 0.2) is 18.5 Å². The number of nitrogens with zero attached hydrogens (tertiary/aromatic N) is 1. The zero-order valence-corrected chi connectivity index (χ0v) is 6.64. The molecule has 1 aromatic heterocycles. The number of carboxylic acid groups (broad SMARTS) is 1. The van der Waals surface area contributed by atoms with Gasteiger partial charge in [0.15, 0.2) is 0 Å². The van der Waals surface area contributed by atoms with Crippen LogP contribution in [0.25, 0.3) is 0 Å². The van der Waals surface area contributed by atoms with Crippen LogP contribution >= 0.6 is 0 Å². The van der Waals surface area contributed by atoms with Gasteiger partial charge in [-0.25, -0.2) is 4.39 Å². The van der Waals surface area contributed by atoms with Crippen LogP contribution in [0, 0.1) is 5.82 Å². The summed E-state index contributed by atoms with van der Waals surface area (Å²) in [5.74, 6) is -1.74. The second-order valence-electron chi connectivity index (χ2n) is 2.55. The first-order valence-corrected chi connectivity index (χ1v) is 3.60. The summed E-state index contributed by atoms with van der Waals surface area (Å²) in [5.41, 5.74) is 0.169. The highest BCUT2D eigenvalue weighted by molar-refractivity contribution is 5.67. The van der Waals surface area contributed by atoms with E-state index in [9.17, 15) is 14.3 Å². The molecule has 1 atom stereocenters. The van der Waals surface area contributed by atoms with Crippen LogP contribution in [0.5, 0.6) is 0 Å². The number of hydrogen-bond donors (Lipinski definition) is 2. The summed E-state index contributed by atoms with van der Waals surface area (Å²) in [4.78, 5) is 13.7. The van der Waals surface area contributed by atoms with Gasteiger partial charge in [0.05, 0.1) is 18.7 Å². The lowest BCUT2D eigenvalue weighted by Crippen LogP contribution is -2.05. The molecule has 1 heterocycles. The third-order valence-electron chi connectivity index (χ3n) is 1.48. The predicted molar refractivity (Wildman–Crippen MR) is 41.4 cm³/mol. The standard InChI is InChI=1S/C8H8FNO3/c9-6-1-5(3-10-4-6)7(11)2-8(12)13/h1,3-4,7,11H,2H2,(H,12,13). The molecule has 13 heavy (non-hydrogen) atoms. The highest BCUT2D eigenvalue weighted by atomic mass is 19.1. The number of carboxylic acids is 1. The van der Waals surface area contributed by atoms with E-state index in [-0.39, 0.29) is 5.56 Å². The molecule has 0 saturated heterocycles. The molecule has 5 heteroatoms. The van der Waals surface area contributed by atoms with Crippen LogP contribution in [0.4, 0.5) is 4.39 Å². The molecule has 0 radical (unpaired) electrons. The van der Waals surface area contributed by atoms with Crippen molar-refractivity contribution in [2.75, 3.05) is 0 Å². The van der Waals surface area contributed by atoms with Gasteiger partial charge >= 0.3 is 5.97 Å². The van der Waals surface area contributed by atoms with E-state index < -0.39 is 24.3 Å². The topological polar surface area (TPSA) is 70.4 Å². The maximum absolute atomic E-state index is 12.5. The van der Waals surface area contributed by atoms with Crippen molar-refractivity contribution in [3.8, 4) is 0 Å². The van der Waals surface area contributed by atoms with Crippen molar-refractivity contribution in [3.63, 3.8) is 0 Å². The molecule has 0 bridgehead atoms. The van der Waals surface area contributed by atoms with Crippen molar-refractivity contribution < 1.29 is 19.4 Å². The Bertz CT molecular complexity index is 316. The first kappa shape index (κ1) is 9.60. The SMILES string of the molecule is O=C(O)CC(O)c1cncc(F)c1. The zero-order valence-electron chi connectivity index (χ0n) is 6.64. The van der Waals surface area contributed by atoms with E-state index in [0.717, 1.165) is 12.3 Å². The van der Waals surface area contributed by atoms with Gasteiger partial charge in [-0.15, -0.1) is 0 Å². The number of hydrogen-bond acceptors (Lipinski definition) is 3. The maximum Gasteiger partial charge on any atom is 0.306 e.